The lowest BCUT2D eigenvalue weighted by molar-refractivity contribution is 0.0739. The standard InChI is InChI=1S/C23H31NO3/c1-5-14-26-21-12-10-19(11-13-21)15-24(4)16-20(25)17-27-23-9-7-6-8-22(23)18(2)3/h5-13,18,20,25H,1,14-17H2,2-4H3/t20-/m1/s1. The zero-order chi connectivity index (χ0) is 19.6. The lowest BCUT2D eigenvalue weighted by atomic mass is 10.0. The minimum Gasteiger partial charge on any atom is -0.491 e. The number of hydrogen-bond acceptors (Lipinski definition) is 4. The molecule has 1 atom stereocenters. The van der Waals surface area contributed by atoms with Gasteiger partial charge in [-0.05, 0) is 42.3 Å². The van der Waals surface area contributed by atoms with Gasteiger partial charge in [0.2, 0.25) is 0 Å². The normalized spacial score (nSPS) is 12.2. The number of hydrogen-bond donors (Lipinski definition) is 1. The van der Waals surface area contributed by atoms with Gasteiger partial charge in [0.15, 0.2) is 0 Å². The van der Waals surface area contributed by atoms with Gasteiger partial charge >= 0.3 is 0 Å². The summed E-state index contributed by atoms with van der Waals surface area (Å²) in [7, 11) is 1.99. The van der Waals surface area contributed by atoms with E-state index in [0.29, 0.717) is 19.1 Å². The van der Waals surface area contributed by atoms with Crippen LogP contribution < -0.4 is 9.47 Å². The Balaban J connectivity index is 1.80. The van der Waals surface area contributed by atoms with E-state index in [1.165, 1.54) is 5.56 Å². The third kappa shape index (κ3) is 7.08. The summed E-state index contributed by atoms with van der Waals surface area (Å²) < 4.78 is 11.4. The van der Waals surface area contributed by atoms with Gasteiger partial charge in [-0.1, -0.05) is 56.8 Å². The number of likely N-dealkylation sites (N-methyl/N-ethyl adjacent to an activating group) is 1. The molecule has 4 nitrogen and oxygen atoms in total. The molecule has 0 saturated carbocycles. The maximum atomic E-state index is 10.3. The van der Waals surface area contributed by atoms with E-state index >= 15 is 0 Å². The number of rotatable bonds is 11. The van der Waals surface area contributed by atoms with E-state index in [1.807, 2.05) is 49.5 Å². The number of nitrogens with zero attached hydrogens (tertiary/aromatic N) is 1. The average molecular weight is 370 g/mol. The van der Waals surface area contributed by atoms with E-state index in [0.717, 1.165) is 23.6 Å². The maximum absolute atomic E-state index is 10.3. The lowest BCUT2D eigenvalue weighted by Gasteiger charge is -2.22. The number of aliphatic hydroxyl groups is 1. The summed E-state index contributed by atoms with van der Waals surface area (Å²) in [5.74, 6) is 2.07. The highest BCUT2D eigenvalue weighted by Gasteiger charge is 2.12. The SMILES string of the molecule is C=CCOc1ccc(CN(C)C[C@@H](O)COc2ccccc2C(C)C)cc1. The summed E-state index contributed by atoms with van der Waals surface area (Å²) in [5.41, 5.74) is 2.33. The van der Waals surface area contributed by atoms with Gasteiger partial charge in [-0.3, -0.25) is 4.90 Å². The quantitative estimate of drug-likeness (QED) is 0.602. The highest BCUT2D eigenvalue weighted by molar-refractivity contribution is 5.35. The Labute approximate surface area is 163 Å². The van der Waals surface area contributed by atoms with E-state index in [2.05, 4.69) is 31.4 Å². The van der Waals surface area contributed by atoms with Gasteiger partial charge in [0.1, 0.15) is 30.8 Å². The van der Waals surface area contributed by atoms with Crippen molar-refractivity contribution in [3.05, 3.63) is 72.3 Å². The molecule has 0 bridgehead atoms. The molecule has 0 aliphatic heterocycles. The van der Waals surface area contributed by atoms with Crippen molar-refractivity contribution in [1.82, 2.24) is 4.90 Å². The third-order valence-electron chi connectivity index (χ3n) is 4.24. The highest BCUT2D eigenvalue weighted by Crippen LogP contribution is 2.25. The molecule has 2 aromatic rings. The molecule has 0 radical (unpaired) electrons. The molecule has 0 aliphatic rings. The molecular weight excluding hydrogens is 338 g/mol. The van der Waals surface area contributed by atoms with Crippen LogP contribution in [-0.4, -0.2) is 42.9 Å². The first kappa shape index (κ1) is 21.0. The predicted octanol–water partition coefficient (Wildman–Crippen LogP) is 4.25. The van der Waals surface area contributed by atoms with Gasteiger partial charge in [0.25, 0.3) is 0 Å². The van der Waals surface area contributed by atoms with Crippen LogP contribution in [0.3, 0.4) is 0 Å². The van der Waals surface area contributed by atoms with Crippen LogP contribution >= 0.6 is 0 Å². The van der Waals surface area contributed by atoms with Gasteiger partial charge < -0.3 is 14.6 Å². The molecule has 0 unspecified atom stereocenters. The van der Waals surface area contributed by atoms with Crippen molar-refractivity contribution in [3.63, 3.8) is 0 Å². The Morgan fingerprint density at radius 2 is 1.78 bits per heavy atom. The molecule has 146 valence electrons. The molecule has 4 heteroatoms. The fourth-order valence-corrected chi connectivity index (χ4v) is 2.91. The highest BCUT2D eigenvalue weighted by atomic mass is 16.5. The number of aliphatic hydroxyl groups excluding tert-OH is 1. The van der Waals surface area contributed by atoms with Crippen molar-refractivity contribution in [2.45, 2.75) is 32.4 Å². The lowest BCUT2D eigenvalue weighted by Crippen LogP contribution is -2.32. The van der Waals surface area contributed by atoms with Gasteiger partial charge in [0.05, 0.1) is 0 Å². The molecule has 0 fully saturated rings. The summed E-state index contributed by atoms with van der Waals surface area (Å²) in [4.78, 5) is 2.09. The van der Waals surface area contributed by atoms with Crippen LogP contribution in [0.5, 0.6) is 11.5 Å². The second-order valence-corrected chi connectivity index (χ2v) is 7.10. The Morgan fingerprint density at radius 1 is 1.07 bits per heavy atom. The van der Waals surface area contributed by atoms with Gasteiger partial charge in [-0.15, -0.1) is 0 Å². The Kier molecular flexibility index (Phi) is 8.37. The van der Waals surface area contributed by atoms with E-state index in [1.54, 1.807) is 6.08 Å². The first-order valence-corrected chi connectivity index (χ1v) is 9.40. The first-order valence-electron chi connectivity index (χ1n) is 9.40. The van der Waals surface area contributed by atoms with Crippen molar-refractivity contribution in [2.24, 2.45) is 0 Å². The second kappa shape index (κ2) is 10.8. The molecule has 2 rings (SSSR count). The minimum atomic E-state index is -0.551. The molecule has 0 amide bonds. The molecule has 1 N–H and O–H groups in total. The molecule has 0 heterocycles. The second-order valence-electron chi connectivity index (χ2n) is 7.10. The van der Waals surface area contributed by atoms with Gasteiger partial charge in [-0.2, -0.15) is 0 Å². The topological polar surface area (TPSA) is 41.9 Å². The first-order chi connectivity index (χ1) is 13.0. The summed E-state index contributed by atoms with van der Waals surface area (Å²) in [6, 6.07) is 16.0. The smallest absolute Gasteiger partial charge is 0.122 e. The van der Waals surface area contributed by atoms with Crippen molar-refractivity contribution in [2.75, 3.05) is 26.8 Å². The number of benzene rings is 2. The van der Waals surface area contributed by atoms with E-state index < -0.39 is 6.10 Å². The van der Waals surface area contributed by atoms with Crippen molar-refractivity contribution in [3.8, 4) is 11.5 Å². The fourth-order valence-electron chi connectivity index (χ4n) is 2.91. The average Bonchev–Trinajstić information content (AvgIpc) is 2.66. The van der Waals surface area contributed by atoms with Crippen LogP contribution in [0.1, 0.15) is 30.9 Å². The van der Waals surface area contributed by atoms with Crippen molar-refractivity contribution >= 4 is 0 Å². The fraction of sp³-hybridized carbons (Fsp3) is 0.391. The van der Waals surface area contributed by atoms with Crippen LogP contribution in [0.25, 0.3) is 0 Å². The zero-order valence-corrected chi connectivity index (χ0v) is 16.6. The van der Waals surface area contributed by atoms with Crippen LogP contribution in [0.4, 0.5) is 0 Å². The largest absolute Gasteiger partial charge is 0.491 e. The Bertz CT molecular complexity index is 697. The Morgan fingerprint density at radius 3 is 2.44 bits per heavy atom. The van der Waals surface area contributed by atoms with Crippen LogP contribution in [0.2, 0.25) is 0 Å². The van der Waals surface area contributed by atoms with Crippen LogP contribution in [-0.2, 0) is 6.54 Å². The van der Waals surface area contributed by atoms with E-state index in [9.17, 15) is 5.11 Å². The molecule has 27 heavy (non-hydrogen) atoms. The van der Waals surface area contributed by atoms with Crippen molar-refractivity contribution < 1.29 is 14.6 Å². The number of ether oxygens (including phenoxy) is 2. The zero-order valence-electron chi connectivity index (χ0n) is 16.6. The van der Waals surface area contributed by atoms with E-state index in [4.69, 9.17) is 9.47 Å². The molecule has 0 spiro atoms. The monoisotopic (exact) mass is 369 g/mol. The van der Waals surface area contributed by atoms with Gasteiger partial charge in [-0.25, -0.2) is 0 Å². The van der Waals surface area contributed by atoms with Gasteiger partial charge in [0, 0.05) is 13.1 Å². The van der Waals surface area contributed by atoms with Crippen LogP contribution in [0.15, 0.2) is 61.2 Å². The minimum absolute atomic E-state index is 0.280. The molecular formula is C23H31NO3. The molecule has 0 aromatic heterocycles. The summed E-state index contributed by atoms with van der Waals surface area (Å²) in [6.07, 6.45) is 1.18. The predicted molar refractivity (Wildman–Crippen MR) is 111 cm³/mol. The summed E-state index contributed by atoms with van der Waals surface area (Å²) >= 11 is 0. The van der Waals surface area contributed by atoms with Crippen molar-refractivity contribution in [1.29, 1.82) is 0 Å². The van der Waals surface area contributed by atoms with E-state index in [-0.39, 0.29) is 6.61 Å². The Hall–Kier alpha value is -2.30. The molecule has 0 saturated heterocycles. The molecule has 2 aromatic carbocycles. The molecule has 0 aliphatic carbocycles. The third-order valence-corrected chi connectivity index (χ3v) is 4.24. The summed E-state index contributed by atoms with van der Waals surface area (Å²) in [6.45, 7) is 10.00. The maximum Gasteiger partial charge on any atom is 0.122 e. The number of para-hydroxylation sites is 1. The van der Waals surface area contributed by atoms with Crippen LogP contribution in [0, 0.1) is 0 Å². The summed E-state index contributed by atoms with van der Waals surface area (Å²) in [5, 5.41) is 10.3.